The van der Waals surface area contributed by atoms with Gasteiger partial charge in [-0.3, -0.25) is 4.79 Å². The number of carbonyl (C=O) groups is 1. The number of amides is 1. The summed E-state index contributed by atoms with van der Waals surface area (Å²) in [4.78, 5) is 15.6. The van der Waals surface area contributed by atoms with Crippen molar-refractivity contribution in [2.24, 2.45) is 0 Å². The first-order valence-corrected chi connectivity index (χ1v) is 6.11. The van der Waals surface area contributed by atoms with E-state index in [1.54, 1.807) is 11.4 Å². The van der Waals surface area contributed by atoms with Crippen molar-refractivity contribution in [1.29, 1.82) is 0 Å². The summed E-state index contributed by atoms with van der Waals surface area (Å²) in [6.45, 7) is 0. The number of anilines is 2. The Balaban J connectivity index is 2.17. The summed E-state index contributed by atoms with van der Waals surface area (Å²) >= 11 is 4.59. The van der Waals surface area contributed by atoms with Crippen molar-refractivity contribution in [2.75, 3.05) is 11.1 Å². The van der Waals surface area contributed by atoms with Gasteiger partial charge in [0.05, 0.1) is 5.69 Å². The lowest BCUT2D eigenvalue weighted by Gasteiger charge is -2.04. The topological polar surface area (TPSA) is 68.0 Å². The first-order chi connectivity index (χ1) is 7.66. The van der Waals surface area contributed by atoms with Crippen LogP contribution in [0.5, 0.6) is 0 Å². The Morgan fingerprint density at radius 2 is 2.19 bits per heavy atom. The lowest BCUT2D eigenvalue weighted by molar-refractivity contribution is 0.102. The number of nitrogens with two attached hydrogens (primary N) is 1. The Hall–Kier alpha value is -1.40. The number of para-hydroxylation sites is 1. The standard InChI is InChI=1S/C10H8BrN3OS/c11-6-3-1-2-4-7(6)13-9(15)8-5-16-10(12)14-8/h1-5H,(H2,12,14)(H,13,15). The quantitative estimate of drug-likeness (QED) is 0.895. The van der Waals surface area contributed by atoms with E-state index in [0.29, 0.717) is 16.5 Å². The fourth-order valence-electron chi connectivity index (χ4n) is 1.14. The molecule has 82 valence electrons. The van der Waals surface area contributed by atoms with E-state index in [0.717, 1.165) is 4.47 Å². The molecule has 2 rings (SSSR count). The summed E-state index contributed by atoms with van der Waals surface area (Å²) in [6, 6.07) is 7.37. The Labute approximate surface area is 105 Å². The summed E-state index contributed by atoms with van der Waals surface area (Å²) in [5.74, 6) is -0.264. The fourth-order valence-corrected chi connectivity index (χ4v) is 2.07. The summed E-state index contributed by atoms with van der Waals surface area (Å²) in [7, 11) is 0. The van der Waals surface area contributed by atoms with E-state index in [-0.39, 0.29) is 5.91 Å². The maximum Gasteiger partial charge on any atom is 0.275 e. The highest BCUT2D eigenvalue weighted by Crippen LogP contribution is 2.22. The van der Waals surface area contributed by atoms with Crippen LogP contribution in [0.4, 0.5) is 10.8 Å². The first kappa shape index (κ1) is 11.1. The minimum atomic E-state index is -0.264. The summed E-state index contributed by atoms with van der Waals surface area (Å²) in [6.07, 6.45) is 0. The Morgan fingerprint density at radius 1 is 1.44 bits per heavy atom. The number of halogens is 1. The SMILES string of the molecule is Nc1nc(C(=O)Nc2ccccc2Br)cs1. The molecule has 1 aromatic heterocycles. The molecule has 1 heterocycles. The molecular weight excluding hydrogens is 290 g/mol. The molecule has 2 aromatic rings. The van der Waals surface area contributed by atoms with E-state index in [2.05, 4.69) is 26.2 Å². The second kappa shape index (κ2) is 4.63. The molecule has 16 heavy (non-hydrogen) atoms. The number of benzene rings is 1. The average Bonchev–Trinajstić information content (AvgIpc) is 2.68. The van der Waals surface area contributed by atoms with Crippen LogP contribution in [0.1, 0.15) is 10.5 Å². The summed E-state index contributed by atoms with van der Waals surface area (Å²) in [5.41, 5.74) is 6.50. The summed E-state index contributed by atoms with van der Waals surface area (Å²) < 4.78 is 0.826. The zero-order valence-electron chi connectivity index (χ0n) is 8.11. The van der Waals surface area contributed by atoms with Crippen LogP contribution in [0.25, 0.3) is 0 Å². The molecule has 0 aliphatic rings. The molecule has 1 aromatic carbocycles. The molecule has 0 aliphatic carbocycles. The van der Waals surface area contributed by atoms with Crippen molar-refractivity contribution >= 4 is 44.0 Å². The molecule has 0 atom stereocenters. The lowest BCUT2D eigenvalue weighted by atomic mass is 10.3. The highest BCUT2D eigenvalue weighted by molar-refractivity contribution is 9.10. The van der Waals surface area contributed by atoms with Crippen LogP contribution in [0.2, 0.25) is 0 Å². The molecule has 0 radical (unpaired) electrons. The number of nitrogen functional groups attached to an aromatic ring is 1. The fraction of sp³-hybridized carbons (Fsp3) is 0. The molecule has 0 bridgehead atoms. The largest absolute Gasteiger partial charge is 0.375 e. The maximum absolute atomic E-state index is 11.7. The molecule has 6 heteroatoms. The molecule has 0 unspecified atom stereocenters. The number of nitrogens with zero attached hydrogens (tertiary/aromatic N) is 1. The lowest BCUT2D eigenvalue weighted by Crippen LogP contribution is -2.12. The number of hydrogen-bond donors (Lipinski definition) is 2. The van der Waals surface area contributed by atoms with E-state index in [9.17, 15) is 4.79 Å². The number of rotatable bonds is 2. The zero-order valence-corrected chi connectivity index (χ0v) is 10.5. The van der Waals surface area contributed by atoms with Crippen molar-refractivity contribution in [3.8, 4) is 0 Å². The van der Waals surface area contributed by atoms with Crippen molar-refractivity contribution < 1.29 is 4.79 Å². The number of nitrogens with one attached hydrogen (secondary N) is 1. The molecule has 0 saturated heterocycles. The van der Waals surface area contributed by atoms with E-state index < -0.39 is 0 Å². The van der Waals surface area contributed by atoms with E-state index in [4.69, 9.17) is 5.73 Å². The van der Waals surface area contributed by atoms with Gasteiger partial charge in [-0.2, -0.15) is 0 Å². The van der Waals surface area contributed by atoms with Gasteiger partial charge in [0.1, 0.15) is 5.69 Å². The smallest absolute Gasteiger partial charge is 0.275 e. The van der Waals surface area contributed by atoms with Crippen molar-refractivity contribution in [3.63, 3.8) is 0 Å². The van der Waals surface area contributed by atoms with Gasteiger partial charge in [0.15, 0.2) is 5.13 Å². The van der Waals surface area contributed by atoms with Crippen LogP contribution in [-0.4, -0.2) is 10.9 Å². The molecule has 3 N–H and O–H groups in total. The third kappa shape index (κ3) is 2.40. The normalized spacial score (nSPS) is 10.1. The molecule has 4 nitrogen and oxygen atoms in total. The van der Waals surface area contributed by atoms with Crippen LogP contribution in [-0.2, 0) is 0 Å². The zero-order chi connectivity index (χ0) is 11.5. The second-order valence-electron chi connectivity index (χ2n) is 3.00. The van der Waals surface area contributed by atoms with Gasteiger partial charge in [-0.25, -0.2) is 4.98 Å². The molecule has 0 spiro atoms. The van der Waals surface area contributed by atoms with Gasteiger partial charge in [-0.1, -0.05) is 12.1 Å². The van der Waals surface area contributed by atoms with Gasteiger partial charge in [0.25, 0.3) is 5.91 Å². The summed E-state index contributed by atoms with van der Waals surface area (Å²) in [5, 5.41) is 4.76. The highest BCUT2D eigenvalue weighted by atomic mass is 79.9. The van der Waals surface area contributed by atoms with Crippen LogP contribution >= 0.6 is 27.3 Å². The van der Waals surface area contributed by atoms with Crippen LogP contribution in [0.15, 0.2) is 34.1 Å². The van der Waals surface area contributed by atoms with Crippen LogP contribution in [0, 0.1) is 0 Å². The molecule has 0 saturated carbocycles. The van der Waals surface area contributed by atoms with E-state index >= 15 is 0 Å². The number of aromatic nitrogens is 1. The monoisotopic (exact) mass is 297 g/mol. The van der Waals surface area contributed by atoms with Gasteiger partial charge in [0, 0.05) is 9.85 Å². The van der Waals surface area contributed by atoms with Gasteiger partial charge < -0.3 is 11.1 Å². The first-order valence-electron chi connectivity index (χ1n) is 4.43. The van der Waals surface area contributed by atoms with Crippen LogP contribution in [0.3, 0.4) is 0 Å². The third-order valence-electron chi connectivity index (χ3n) is 1.88. The Kier molecular flexibility index (Phi) is 3.21. The highest BCUT2D eigenvalue weighted by Gasteiger charge is 2.10. The average molecular weight is 298 g/mol. The Morgan fingerprint density at radius 3 is 2.81 bits per heavy atom. The van der Waals surface area contributed by atoms with Gasteiger partial charge >= 0.3 is 0 Å². The molecular formula is C10H8BrN3OS. The van der Waals surface area contributed by atoms with Crippen molar-refractivity contribution in [1.82, 2.24) is 4.98 Å². The van der Waals surface area contributed by atoms with Crippen molar-refractivity contribution in [2.45, 2.75) is 0 Å². The van der Waals surface area contributed by atoms with Crippen molar-refractivity contribution in [3.05, 3.63) is 39.8 Å². The van der Waals surface area contributed by atoms with Gasteiger partial charge in [0.2, 0.25) is 0 Å². The number of carbonyl (C=O) groups excluding carboxylic acids is 1. The van der Waals surface area contributed by atoms with E-state index in [1.165, 1.54) is 11.3 Å². The minimum Gasteiger partial charge on any atom is -0.375 e. The molecule has 0 aliphatic heterocycles. The number of thiazole rings is 1. The predicted octanol–water partition coefficient (Wildman–Crippen LogP) is 2.74. The van der Waals surface area contributed by atoms with Gasteiger partial charge in [-0.05, 0) is 28.1 Å². The van der Waals surface area contributed by atoms with Crippen LogP contribution < -0.4 is 11.1 Å². The Bertz CT molecular complexity index is 526. The maximum atomic E-state index is 11.7. The number of hydrogen-bond acceptors (Lipinski definition) is 4. The minimum absolute atomic E-state index is 0.264. The predicted molar refractivity (Wildman–Crippen MR) is 68.6 cm³/mol. The van der Waals surface area contributed by atoms with Gasteiger partial charge in [-0.15, -0.1) is 11.3 Å². The second-order valence-corrected chi connectivity index (χ2v) is 4.75. The third-order valence-corrected chi connectivity index (χ3v) is 3.24. The van der Waals surface area contributed by atoms with E-state index in [1.807, 2.05) is 18.2 Å². The molecule has 1 amide bonds. The molecule has 0 fully saturated rings.